The quantitative estimate of drug-likeness (QED) is 0.154. The molecule has 8 rings (SSSR count). The molecule has 0 aliphatic carbocycles. The van der Waals surface area contributed by atoms with Crippen LogP contribution < -0.4 is 0 Å². The third kappa shape index (κ3) is 8.93. The van der Waals surface area contributed by atoms with Crippen molar-refractivity contribution < 1.29 is 35.8 Å². The maximum atomic E-state index is 12.0. The van der Waals surface area contributed by atoms with Crippen LogP contribution in [0.1, 0.15) is 92.8 Å². The molecular weight excluding hydrogens is 926 g/mol. The molecule has 6 aromatic carbocycles. The molecule has 0 atom stereocenters. The molecule has 0 amide bonds. The predicted molar refractivity (Wildman–Crippen MR) is 252 cm³/mol. The number of para-hydroxylation sites is 1. The maximum absolute atomic E-state index is 12.0. The molecule has 0 spiro atoms. The normalized spacial score (nSPS) is 13.5. The van der Waals surface area contributed by atoms with E-state index in [1.807, 2.05) is 67.6 Å². The van der Waals surface area contributed by atoms with Crippen LogP contribution in [0.5, 0.6) is 5.75 Å². The Morgan fingerprint density at radius 1 is 0.705 bits per heavy atom. The Balaban J connectivity index is 0.00000684. The Hall–Kier alpha value is -5.57. The van der Waals surface area contributed by atoms with E-state index in [-0.39, 0.29) is 84.8 Å². The Labute approximate surface area is 386 Å². The first-order valence-electron chi connectivity index (χ1n) is 24.2. The number of benzene rings is 6. The van der Waals surface area contributed by atoms with Crippen molar-refractivity contribution in [3.05, 3.63) is 167 Å². The number of phenols is 1. The summed E-state index contributed by atoms with van der Waals surface area (Å²) in [6, 6.07) is 32.3. The summed E-state index contributed by atoms with van der Waals surface area (Å²) in [5, 5.41) is 12.0. The van der Waals surface area contributed by atoms with Gasteiger partial charge < -0.3 is 5.11 Å². The number of phenolic OH excluding ortho intramolecular Hbond substituents is 1. The number of fused-ring (bicyclic) bond motifs is 1. The van der Waals surface area contributed by atoms with Gasteiger partial charge in [0.25, 0.3) is 0 Å². The number of imidazole rings is 1. The van der Waals surface area contributed by atoms with Gasteiger partial charge in [-0.2, -0.15) is 0 Å². The molecule has 2 aromatic heterocycles. The van der Waals surface area contributed by atoms with Gasteiger partial charge in [-0.3, -0.25) is 9.55 Å². The van der Waals surface area contributed by atoms with Crippen LogP contribution in [0.2, 0.25) is 0 Å². The van der Waals surface area contributed by atoms with Crippen LogP contribution in [0, 0.1) is 25.8 Å². The van der Waals surface area contributed by atoms with E-state index in [1.165, 1.54) is 12.5 Å². The monoisotopic (exact) mass is 988 g/mol. The van der Waals surface area contributed by atoms with Gasteiger partial charge in [0, 0.05) is 38.5 Å². The third-order valence-electron chi connectivity index (χ3n) is 11.0. The van der Waals surface area contributed by atoms with E-state index < -0.39 is 17.6 Å². The van der Waals surface area contributed by atoms with Gasteiger partial charge in [0.15, 0.2) is 0 Å². The van der Waals surface area contributed by atoms with Crippen molar-refractivity contribution in [2.75, 3.05) is 0 Å². The average Bonchev–Trinajstić information content (AvgIpc) is 3.67. The summed E-state index contributed by atoms with van der Waals surface area (Å²) in [6.07, 6.45) is 0.428. The maximum Gasteiger partial charge on any atom is 0.148 e. The molecule has 4 nitrogen and oxygen atoms in total. The van der Waals surface area contributed by atoms with E-state index in [2.05, 4.69) is 101 Å². The molecule has 0 fully saturated rings. The van der Waals surface area contributed by atoms with Gasteiger partial charge in [-0.05, 0) is 101 Å². The van der Waals surface area contributed by atoms with E-state index in [9.17, 15) is 6.48 Å². The smallest absolute Gasteiger partial charge is 0.148 e. The number of rotatable bonds is 8. The fourth-order valence-electron chi connectivity index (χ4n) is 7.70. The number of aromatic hydroxyl groups is 1. The van der Waals surface area contributed by atoms with Crippen molar-refractivity contribution in [1.82, 2.24) is 14.5 Å². The summed E-state index contributed by atoms with van der Waals surface area (Å²) in [6.45, 7) is 20.5. The van der Waals surface area contributed by atoms with Crippen LogP contribution in [-0.2, 0) is 38.3 Å². The van der Waals surface area contributed by atoms with Crippen LogP contribution in [0.15, 0.2) is 133 Å². The van der Waals surface area contributed by atoms with E-state index in [4.69, 9.17) is 13.2 Å². The van der Waals surface area contributed by atoms with Gasteiger partial charge in [-0.1, -0.05) is 157 Å². The summed E-state index contributed by atoms with van der Waals surface area (Å²) in [5.74, 6) is 1.13. The second-order valence-electron chi connectivity index (χ2n) is 18.3. The van der Waals surface area contributed by atoms with Gasteiger partial charge >= 0.3 is 0 Å². The van der Waals surface area contributed by atoms with E-state index in [0.717, 1.165) is 51.0 Å². The number of hydrogen-bond acceptors (Lipinski definition) is 3. The zero-order valence-electron chi connectivity index (χ0n) is 43.5. The number of aryl methyl sites for hydroxylation is 1. The fourth-order valence-corrected chi connectivity index (χ4v) is 7.70. The molecule has 0 radical (unpaired) electrons. The molecule has 0 saturated heterocycles. The number of aromatic nitrogens is 3. The standard InChI is InChI=1S/C56H56N3O.Pt/c1-35(2)27-38-21-24-50(47(29-38)40-15-12-11-13-16-40)59-51-18-14-17-46(52(51)58-54(59)48-34-44(55(5,6)7)28-37(4)53(48)60)42-30-43(32-45(31-42)56(8,9)10)49-33-41(25-26-57-49)39-22-19-36(3)20-23-39;/h11-26,28-29,31-35,60H,27H2,1-10H3;/q-1;/i19D,20D,22D,23D,25D,26D,33D;. The van der Waals surface area contributed by atoms with Gasteiger partial charge in [0.05, 0.1) is 31.9 Å². The van der Waals surface area contributed by atoms with Crippen molar-refractivity contribution in [3.63, 3.8) is 0 Å². The molecule has 312 valence electrons. The van der Waals surface area contributed by atoms with E-state index in [1.54, 1.807) is 0 Å². The van der Waals surface area contributed by atoms with Crippen molar-refractivity contribution >= 4 is 11.0 Å². The summed E-state index contributed by atoms with van der Waals surface area (Å²) >= 11 is 0. The average molecular weight is 989 g/mol. The zero-order chi connectivity index (χ0) is 48.6. The number of nitrogens with zero attached hydrogens (tertiary/aromatic N) is 3. The molecular formula is C56H56N3OPt-. The van der Waals surface area contributed by atoms with Gasteiger partial charge in [-0.15, -0.1) is 29.3 Å². The van der Waals surface area contributed by atoms with Crippen LogP contribution in [0.3, 0.4) is 0 Å². The summed E-state index contributed by atoms with van der Waals surface area (Å²) in [5.41, 5.74) is 9.61. The summed E-state index contributed by atoms with van der Waals surface area (Å²) in [4.78, 5) is 9.97. The molecule has 5 heteroatoms. The second kappa shape index (κ2) is 17.1. The van der Waals surface area contributed by atoms with E-state index >= 15 is 0 Å². The first kappa shape index (κ1) is 35.1. The van der Waals surface area contributed by atoms with Crippen LogP contribution in [0.25, 0.3) is 72.7 Å². The van der Waals surface area contributed by atoms with Crippen LogP contribution in [-0.4, -0.2) is 19.6 Å². The largest absolute Gasteiger partial charge is 0.507 e. The van der Waals surface area contributed by atoms with Crippen molar-refractivity contribution in [2.45, 2.75) is 86.5 Å². The number of hydrogen-bond donors (Lipinski definition) is 1. The van der Waals surface area contributed by atoms with Crippen molar-refractivity contribution in [1.29, 1.82) is 0 Å². The number of pyridine rings is 1. The molecule has 0 aliphatic heterocycles. The zero-order valence-corrected chi connectivity index (χ0v) is 38.8. The molecule has 8 aromatic rings. The Kier molecular flexibility index (Phi) is 9.81. The molecule has 0 aliphatic rings. The van der Waals surface area contributed by atoms with Crippen LogP contribution >= 0.6 is 0 Å². The topological polar surface area (TPSA) is 50.9 Å². The third-order valence-corrected chi connectivity index (χ3v) is 11.0. The van der Waals surface area contributed by atoms with Gasteiger partial charge in [0.2, 0.25) is 0 Å². The first-order valence-corrected chi connectivity index (χ1v) is 20.7. The molecule has 0 bridgehead atoms. The van der Waals surface area contributed by atoms with Gasteiger partial charge in [-0.25, -0.2) is 4.98 Å². The molecule has 0 unspecified atom stereocenters. The van der Waals surface area contributed by atoms with E-state index in [0.29, 0.717) is 33.9 Å². The SMILES string of the molecule is [2H]c1nc(-c2[c-]c(-c3cccc4c3nc(-c3cc(C(C)(C)C)cc(C)c3O)n4-c3ccc(CC(C)C)cc3-c3ccccc3)cc(C(C)(C)C)c2)c([2H])c(-c2c([2H])c([2H])c(C)c([2H])c2[2H])c1[2H].[Pt]. The minimum absolute atomic E-state index is 0. The van der Waals surface area contributed by atoms with Gasteiger partial charge in [0.1, 0.15) is 11.6 Å². The molecule has 2 heterocycles. The minimum Gasteiger partial charge on any atom is -0.507 e. The molecule has 61 heavy (non-hydrogen) atoms. The Morgan fingerprint density at radius 3 is 2.08 bits per heavy atom. The fraction of sp³-hybridized carbons (Fsp3) is 0.250. The Bertz CT molecular complexity index is 3250. The molecule has 1 N–H and O–H groups in total. The molecule has 0 saturated carbocycles. The second-order valence-corrected chi connectivity index (χ2v) is 18.3. The summed E-state index contributed by atoms with van der Waals surface area (Å²) in [7, 11) is 0. The minimum atomic E-state index is -0.471. The predicted octanol–water partition coefficient (Wildman–Crippen LogP) is 14.7. The Morgan fingerprint density at radius 2 is 1.39 bits per heavy atom. The van der Waals surface area contributed by atoms with Crippen molar-refractivity contribution in [3.8, 4) is 67.5 Å². The van der Waals surface area contributed by atoms with Crippen LogP contribution in [0.4, 0.5) is 0 Å². The summed E-state index contributed by atoms with van der Waals surface area (Å²) < 4.78 is 64.1. The van der Waals surface area contributed by atoms with Crippen molar-refractivity contribution in [2.24, 2.45) is 5.92 Å². The first-order chi connectivity index (χ1) is 31.5.